The minimum Gasteiger partial charge on any atom is -0.456 e. The van der Waals surface area contributed by atoms with Gasteiger partial charge in [-0.25, -0.2) is 15.0 Å². The Morgan fingerprint density at radius 2 is 0.982 bits per heavy atom. The summed E-state index contributed by atoms with van der Waals surface area (Å²) in [4.78, 5) is 13.8. The summed E-state index contributed by atoms with van der Waals surface area (Å²) < 4.78 is 96.1. The molecule has 266 valence electrons. The maximum Gasteiger partial charge on any atom is 0.164 e. The Morgan fingerprint density at radius 3 is 1.63 bits per heavy atom. The smallest absolute Gasteiger partial charge is 0.164 e. The summed E-state index contributed by atoms with van der Waals surface area (Å²) >= 11 is 0. The lowest BCUT2D eigenvalue weighted by Gasteiger charge is -2.10. The van der Waals surface area contributed by atoms with E-state index in [4.69, 9.17) is 28.1 Å². The van der Waals surface area contributed by atoms with E-state index in [0.717, 1.165) is 55.0 Å². The number of aromatic nitrogens is 5. The second-order valence-corrected chi connectivity index (χ2v) is 13.7. The molecule has 0 bridgehead atoms. The highest BCUT2D eigenvalue weighted by Crippen LogP contribution is 2.42. The van der Waals surface area contributed by atoms with Crippen molar-refractivity contribution in [1.82, 2.24) is 24.1 Å². The van der Waals surface area contributed by atoms with Crippen LogP contribution >= 0.6 is 0 Å². The van der Waals surface area contributed by atoms with Crippen molar-refractivity contribution < 1.29 is 18.1 Å². The summed E-state index contributed by atoms with van der Waals surface area (Å²) in [5.41, 5.74) is 6.77. The molecule has 6 heteroatoms. The van der Waals surface area contributed by atoms with E-state index in [1.807, 2.05) is 48.5 Å². The second kappa shape index (κ2) is 12.3. The van der Waals surface area contributed by atoms with Gasteiger partial charge in [-0.1, -0.05) is 127 Å². The molecule has 0 radical (unpaired) electrons. The van der Waals surface area contributed by atoms with Gasteiger partial charge >= 0.3 is 0 Å². The van der Waals surface area contributed by atoms with Crippen molar-refractivity contribution >= 4 is 65.6 Å². The molecule has 0 aliphatic carbocycles. The van der Waals surface area contributed by atoms with E-state index in [2.05, 4.69) is 74.8 Å². The molecule has 0 aliphatic rings. The van der Waals surface area contributed by atoms with Crippen LogP contribution in [0.3, 0.4) is 0 Å². The van der Waals surface area contributed by atoms with Crippen LogP contribution in [0.2, 0.25) is 0 Å². The van der Waals surface area contributed by atoms with Crippen molar-refractivity contribution in [1.29, 1.82) is 0 Å². The normalized spacial score (nSPS) is 14.3. The van der Waals surface area contributed by atoms with Crippen LogP contribution in [0.25, 0.3) is 111 Å². The first-order valence-corrected chi connectivity index (χ1v) is 18.3. The molecular formula is C51H31N5O. The molecular weight excluding hydrogens is 699 g/mol. The lowest BCUT2D eigenvalue weighted by molar-refractivity contribution is 0.668. The van der Waals surface area contributed by atoms with Gasteiger partial charge < -0.3 is 13.6 Å². The van der Waals surface area contributed by atoms with Crippen LogP contribution in [0.5, 0.6) is 0 Å². The van der Waals surface area contributed by atoms with E-state index in [9.17, 15) is 0 Å². The highest BCUT2D eigenvalue weighted by Gasteiger charge is 2.21. The largest absolute Gasteiger partial charge is 0.456 e. The quantitative estimate of drug-likeness (QED) is 0.176. The predicted octanol–water partition coefficient (Wildman–Crippen LogP) is 13.0. The minimum atomic E-state index is -0.618. The molecule has 0 saturated heterocycles. The van der Waals surface area contributed by atoms with Crippen LogP contribution in [-0.4, -0.2) is 24.1 Å². The van der Waals surface area contributed by atoms with Gasteiger partial charge in [0.05, 0.1) is 35.8 Å². The van der Waals surface area contributed by atoms with Crippen LogP contribution < -0.4 is 0 Å². The summed E-state index contributed by atoms with van der Waals surface area (Å²) in [5.74, 6) is -0.735. The fourth-order valence-electron chi connectivity index (χ4n) is 8.15. The number of fused-ring (bicyclic) bond motifs is 9. The van der Waals surface area contributed by atoms with Crippen LogP contribution in [0.4, 0.5) is 0 Å². The highest BCUT2D eigenvalue weighted by molar-refractivity contribution is 6.19. The zero-order valence-corrected chi connectivity index (χ0v) is 29.8. The predicted molar refractivity (Wildman–Crippen MR) is 232 cm³/mol. The Morgan fingerprint density at radius 1 is 0.404 bits per heavy atom. The molecule has 8 aromatic carbocycles. The van der Waals surface area contributed by atoms with Gasteiger partial charge in [-0.05, 0) is 54.6 Å². The molecule has 12 rings (SSSR count). The average molecular weight is 740 g/mol. The number of hydrogen-bond donors (Lipinski definition) is 0. The lowest BCUT2D eigenvalue weighted by Crippen LogP contribution is -2.00. The number of benzene rings is 8. The van der Waals surface area contributed by atoms with E-state index in [1.54, 1.807) is 18.2 Å². The van der Waals surface area contributed by atoms with Crippen molar-refractivity contribution in [2.45, 2.75) is 0 Å². The fraction of sp³-hybridized carbons (Fsp3) is 0. The Labute approximate surface area is 340 Å². The summed E-state index contributed by atoms with van der Waals surface area (Å²) in [6, 6.07) is 36.8. The third-order valence-corrected chi connectivity index (χ3v) is 10.5. The lowest BCUT2D eigenvalue weighted by atomic mass is 10.0. The highest BCUT2D eigenvalue weighted by atomic mass is 16.3. The molecule has 0 aliphatic heterocycles. The van der Waals surface area contributed by atoms with Crippen LogP contribution in [0.1, 0.15) is 13.7 Å². The Bertz CT molecular complexity index is 3980. The molecule has 12 aromatic rings. The van der Waals surface area contributed by atoms with Gasteiger partial charge in [0.2, 0.25) is 0 Å². The second-order valence-electron chi connectivity index (χ2n) is 13.7. The van der Waals surface area contributed by atoms with Crippen molar-refractivity contribution in [3.05, 3.63) is 188 Å². The van der Waals surface area contributed by atoms with Gasteiger partial charge in [-0.2, -0.15) is 0 Å². The monoisotopic (exact) mass is 739 g/mol. The van der Waals surface area contributed by atoms with Crippen molar-refractivity contribution in [2.24, 2.45) is 0 Å². The maximum atomic E-state index is 8.76. The van der Waals surface area contributed by atoms with Crippen LogP contribution in [0, 0.1) is 0 Å². The van der Waals surface area contributed by atoms with Gasteiger partial charge in [0.1, 0.15) is 11.2 Å². The molecule has 6 nitrogen and oxygen atoms in total. The van der Waals surface area contributed by atoms with Gasteiger partial charge in [0.25, 0.3) is 0 Å². The summed E-state index contributed by atoms with van der Waals surface area (Å²) in [6.45, 7) is 0. The number of rotatable bonds is 5. The molecule has 4 heterocycles. The third-order valence-electron chi connectivity index (χ3n) is 10.5. The summed E-state index contributed by atoms with van der Waals surface area (Å²) in [6.07, 6.45) is 0. The van der Waals surface area contributed by atoms with E-state index < -0.39 is 60.4 Å². The van der Waals surface area contributed by atoms with E-state index in [1.165, 1.54) is 0 Å². The molecule has 0 atom stereocenters. The van der Waals surface area contributed by atoms with E-state index in [-0.39, 0.29) is 28.6 Å². The van der Waals surface area contributed by atoms with E-state index in [0.29, 0.717) is 27.5 Å². The Balaban J connectivity index is 1.09. The molecule has 0 fully saturated rings. The third kappa shape index (κ3) is 4.87. The molecule has 0 N–H and O–H groups in total. The summed E-state index contributed by atoms with van der Waals surface area (Å²) in [5, 5.41) is 5.74. The average Bonchev–Trinajstić information content (AvgIpc) is 4.00. The standard InChI is InChI=1S/C51H31N5O/c1-4-15-32(16-5-1)49-52-50(33-17-6-2-7-18-33)54-51(53-49)39-23-14-26-46-48(39)38-28-27-35(29-47(38)57-46)56-43-25-13-11-22-37(43)41-30-40-36-21-10-12-24-42(36)55(44(40)31-45(41)56)34-19-8-3-9-20-34/h1-31H/i1D,2D,4D,5D,6D,7D,15D,16D,17D,18D. The van der Waals surface area contributed by atoms with Gasteiger partial charge in [0, 0.05) is 66.4 Å². The first-order chi connectivity index (χ1) is 32.4. The summed E-state index contributed by atoms with van der Waals surface area (Å²) in [7, 11) is 0. The molecule has 4 aromatic heterocycles. The zero-order valence-electron chi connectivity index (χ0n) is 39.8. The Hall–Kier alpha value is -7.83. The first-order valence-electron chi connectivity index (χ1n) is 23.3. The zero-order chi connectivity index (χ0) is 46.2. The van der Waals surface area contributed by atoms with Crippen molar-refractivity contribution in [3.63, 3.8) is 0 Å². The van der Waals surface area contributed by atoms with Crippen LogP contribution in [0.15, 0.2) is 192 Å². The molecule has 0 amide bonds. The molecule has 0 spiro atoms. The SMILES string of the molecule is [2H]c1c([2H])c([2H])c(-c2nc(-c3c([2H])c([2H])c([2H])c([2H])c3[2H])nc(-c3cccc4oc5cc(-n6c7ccccc7c7cc8c9ccccc9n(-c9ccccc9)c8cc76)ccc5c34)n2)c([2H])c1[2H]. The number of para-hydroxylation sites is 3. The topological polar surface area (TPSA) is 61.7 Å². The van der Waals surface area contributed by atoms with Crippen molar-refractivity contribution in [2.75, 3.05) is 0 Å². The van der Waals surface area contributed by atoms with Crippen LogP contribution in [-0.2, 0) is 0 Å². The van der Waals surface area contributed by atoms with Gasteiger partial charge in [0.15, 0.2) is 17.5 Å². The minimum absolute atomic E-state index is 0.0452. The Kier molecular flexibility index (Phi) is 5.02. The first kappa shape index (κ1) is 23.2. The molecule has 0 saturated carbocycles. The number of hydrogen-bond acceptors (Lipinski definition) is 4. The van der Waals surface area contributed by atoms with Gasteiger partial charge in [-0.3, -0.25) is 0 Å². The maximum absolute atomic E-state index is 8.76. The number of furan rings is 1. The van der Waals surface area contributed by atoms with Crippen molar-refractivity contribution in [3.8, 4) is 45.5 Å². The molecule has 0 unspecified atom stereocenters. The fourth-order valence-corrected chi connectivity index (χ4v) is 8.15. The van der Waals surface area contributed by atoms with Gasteiger partial charge in [-0.15, -0.1) is 0 Å². The molecule has 57 heavy (non-hydrogen) atoms. The van der Waals surface area contributed by atoms with E-state index >= 15 is 0 Å². The number of nitrogens with zero attached hydrogens (tertiary/aromatic N) is 5.